The van der Waals surface area contributed by atoms with Crippen LogP contribution in [0.1, 0.15) is 28.9 Å². The molecule has 0 aliphatic rings. The molecule has 1 aromatic carbocycles. The van der Waals surface area contributed by atoms with E-state index in [9.17, 15) is 5.11 Å². The van der Waals surface area contributed by atoms with Gasteiger partial charge in [-0.25, -0.2) is 0 Å². The van der Waals surface area contributed by atoms with E-state index in [0.717, 1.165) is 11.1 Å². The van der Waals surface area contributed by atoms with Crippen LogP contribution in [0.4, 0.5) is 0 Å². The molecule has 0 amide bonds. The SMILES string of the molecule is Cc1ccc([C@@H](O)Cc2noc(CCl)n2)cc1. The van der Waals surface area contributed by atoms with Crippen molar-refractivity contribution in [1.82, 2.24) is 10.1 Å². The van der Waals surface area contributed by atoms with Crippen molar-refractivity contribution in [2.45, 2.75) is 25.3 Å². The van der Waals surface area contributed by atoms with Gasteiger partial charge in [0, 0.05) is 6.42 Å². The molecular formula is C12H13ClN2O2. The van der Waals surface area contributed by atoms with Crippen molar-refractivity contribution in [2.24, 2.45) is 0 Å². The minimum atomic E-state index is -0.628. The Labute approximate surface area is 104 Å². The smallest absolute Gasteiger partial charge is 0.241 e. The average Bonchev–Trinajstić information content (AvgIpc) is 2.77. The zero-order valence-electron chi connectivity index (χ0n) is 9.43. The number of benzene rings is 1. The minimum absolute atomic E-state index is 0.188. The maximum absolute atomic E-state index is 9.99. The number of aliphatic hydroxyl groups is 1. The van der Waals surface area contributed by atoms with Gasteiger partial charge in [0.15, 0.2) is 5.82 Å². The van der Waals surface area contributed by atoms with E-state index in [-0.39, 0.29) is 5.88 Å². The Bertz CT molecular complexity index is 482. The lowest BCUT2D eigenvalue weighted by Crippen LogP contribution is -2.03. The standard InChI is InChI=1S/C12H13ClN2O2/c1-8-2-4-9(5-3-8)10(16)6-11-14-12(7-13)17-15-11/h2-5,10,16H,6-7H2,1H3/t10-/m0/s1. The Morgan fingerprint density at radius 2 is 2.06 bits per heavy atom. The van der Waals surface area contributed by atoms with Crippen molar-refractivity contribution in [3.8, 4) is 0 Å². The van der Waals surface area contributed by atoms with Crippen molar-refractivity contribution >= 4 is 11.6 Å². The van der Waals surface area contributed by atoms with E-state index in [0.29, 0.717) is 18.1 Å². The number of halogens is 1. The minimum Gasteiger partial charge on any atom is -0.388 e. The van der Waals surface area contributed by atoms with Crippen LogP contribution in [0.5, 0.6) is 0 Å². The van der Waals surface area contributed by atoms with E-state index >= 15 is 0 Å². The Morgan fingerprint density at radius 1 is 1.35 bits per heavy atom. The van der Waals surface area contributed by atoms with Gasteiger partial charge in [0.1, 0.15) is 5.88 Å². The molecule has 0 saturated carbocycles. The number of aryl methyl sites for hydroxylation is 1. The fraction of sp³-hybridized carbons (Fsp3) is 0.333. The number of alkyl halides is 1. The largest absolute Gasteiger partial charge is 0.388 e. The van der Waals surface area contributed by atoms with Crippen LogP contribution < -0.4 is 0 Å². The van der Waals surface area contributed by atoms with Gasteiger partial charge in [0.25, 0.3) is 0 Å². The van der Waals surface area contributed by atoms with Gasteiger partial charge in [-0.05, 0) is 12.5 Å². The molecule has 0 fully saturated rings. The topological polar surface area (TPSA) is 59.2 Å². The van der Waals surface area contributed by atoms with E-state index in [1.165, 1.54) is 0 Å². The number of hydrogen-bond acceptors (Lipinski definition) is 4. The second kappa shape index (κ2) is 5.29. The van der Waals surface area contributed by atoms with Gasteiger partial charge < -0.3 is 9.63 Å². The second-order valence-corrected chi connectivity index (χ2v) is 4.14. The van der Waals surface area contributed by atoms with Gasteiger partial charge in [-0.15, -0.1) is 11.6 Å². The predicted octanol–water partition coefficient (Wildman–Crippen LogP) is 2.39. The van der Waals surface area contributed by atoms with Gasteiger partial charge in [-0.2, -0.15) is 4.98 Å². The summed E-state index contributed by atoms with van der Waals surface area (Å²) in [6.45, 7) is 2.00. The van der Waals surface area contributed by atoms with Crippen molar-refractivity contribution in [1.29, 1.82) is 0 Å². The molecule has 5 heteroatoms. The van der Waals surface area contributed by atoms with Crippen LogP contribution in [0.25, 0.3) is 0 Å². The molecule has 2 aromatic rings. The van der Waals surface area contributed by atoms with Crippen LogP contribution in [0, 0.1) is 6.92 Å². The van der Waals surface area contributed by atoms with Crippen LogP contribution in [0.2, 0.25) is 0 Å². The molecule has 0 aliphatic heterocycles. The number of aromatic nitrogens is 2. The first-order chi connectivity index (χ1) is 8.19. The Balaban J connectivity index is 2.05. The highest BCUT2D eigenvalue weighted by atomic mass is 35.5. The molecule has 1 aromatic heterocycles. The summed E-state index contributed by atoms with van der Waals surface area (Å²) in [4.78, 5) is 4.04. The summed E-state index contributed by atoms with van der Waals surface area (Å²) in [5.41, 5.74) is 2.00. The van der Waals surface area contributed by atoms with E-state index in [2.05, 4.69) is 10.1 Å². The Kier molecular flexibility index (Phi) is 3.76. The highest BCUT2D eigenvalue weighted by Gasteiger charge is 2.13. The summed E-state index contributed by atoms with van der Waals surface area (Å²) in [6.07, 6.45) is -0.305. The fourth-order valence-electron chi connectivity index (χ4n) is 1.51. The van der Waals surface area contributed by atoms with Gasteiger partial charge in [0.2, 0.25) is 5.89 Å². The molecule has 1 heterocycles. The number of hydrogen-bond donors (Lipinski definition) is 1. The fourth-order valence-corrected chi connectivity index (χ4v) is 1.62. The van der Waals surface area contributed by atoms with Crippen molar-refractivity contribution in [3.05, 3.63) is 47.1 Å². The zero-order chi connectivity index (χ0) is 12.3. The summed E-state index contributed by atoms with van der Waals surface area (Å²) in [6, 6.07) is 7.70. The van der Waals surface area contributed by atoms with Gasteiger partial charge >= 0.3 is 0 Å². The molecule has 2 rings (SSSR count). The molecule has 1 N–H and O–H groups in total. The quantitative estimate of drug-likeness (QED) is 0.849. The van der Waals surface area contributed by atoms with Crippen LogP contribution in [-0.4, -0.2) is 15.2 Å². The third-order valence-electron chi connectivity index (χ3n) is 2.46. The van der Waals surface area contributed by atoms with Gasteiger partial charge in [-0.3, -0.25) is 0 Å². The normalized spacial score (nSPS) is 12.6. The monoisotopic (exact) mass is 252 g/mol. The number of rotatable bonds is 4. The maximum Gasteiger partial charge on any atom is 0.241 e. The van der Waals surface area contributed by atoms with Gasteiger partial charge in [-0.1, -0.05) is 35.0 Å². The lowest BCUT2D eigenvalue weighted by molar-refractivity contribution is 0.174. The lowest BCUT2D eigenvalue weighted by Gasteiger charge is -2.08. The Morgan fingerprint density at radius 3 is 2.65 bits per heavy atom. The Hall–Kier alpha value is -1.39. The number of nitrogens with zero attached hydrogens (tertiary/aromatic N) is 2. The third kappa shape index (κ3) is 3.05. The highest BCUT2D eigenvalue weighted by Crippen LogP contribution is 2.17. The van der Waals surface area contributed by atoms with Crippen molar-refractivity contribution in [3.63, 3.8) is 0 Å². The molecule has 0 spiro atoms. The highest BCUT2D eigenvalue weighted by molar-refractivity contribution is 6.16. The molecule has 0 aliphatic carbocycles. The first-order valence-corrected chi connectivity index (χ1v) is 5.84. The van der Waals surface area contributed by atoms with Crippen molar-refractivity contribution in [2.75, 3.05) is 0 Å². The van der Waals surface area contributed by atoms with Crippen LogP contribution >= 0.6 is 11.6 Å². The van der Waals surface area contributed by atoms with Crippen LogP contribution in [0.15, 0.2) is 28.8 Å². The molecule has 90 valence electrons. The van der Waals surface area contributed by atoms with E-state index < -0.39 is 6.10 Å². The molecule has 0 saturated heterocycles. The molecule has 0 unspecified atom stereocenters. The molecular weight excluding hydrogens is 240 g/mol. The van der Waals surface area contributed by atoms with E-state index in [1.807, 2.05) is 31.2 Å². The predicted molar refractivity (Wildman–Crippen MR) is 63.7 cm³/mol. The summed E-state index contributed by atoms with van der Waals surface area (Å²) >= 11 is 5.55. The first kappa shape index (κ1) is 12.1. The van der Waals surface area contributed by atoms with Crippen LogP contribution in [-0.2, 0) is 12.3 Å². The van der Waals surface area contributed by atoms with Crippen molar-refractivity contribution < 1.29 is 9.63 Å². The molecule has 4 nitrogen and oxygen atoms in total. The average molecular weight is 253 g/mol. The summed E-state index contributed by atoms with van der Waals surface area (Å²) in [5.74, 6) is 1.03. The second-order valence-electron chi connectivity index (χ2n) is 3.87. The summed E-state index contributed by atoms with van der Waals surface area (Å²) in [5, 5.41) is 13.7. The summed E-state index contributed by atoms with van der Waals surface area (Å²) in [7, 11) is 0. The van der Waals surface area contributed by atoms with Gasteiger partial charge in [0.05, 0.1) is 6.10 Å². The van der Waals surface area contributed by atoms with E-state index in [1.54, 1.807) is 0 Å². The summed E-state index contributed by atoms with van der Waals surface area (Å²) < 4.78 is 4.87. The lowest BCUT2D eigenvalue weighted by atomic mass is 10.0. The molecule has 0 radical (unpaired) electrons. The van der Waals surface area contributed by atoms with E-state index in [4.69, 9.17) is 16.1 Å². The maximum atomic E-state index is 9.99. The molecule has 1 atom stereocenters. The third-order valence-corrected chi connectivity index (χ3v) is 2.69. The molecule has 0 bridgehead atoms. The first-order valence-electron chi connectivity index (χ1n) is 5.31. The number of aliphatic hydroxyl groups excluding tert-OH is 1. The van der Waals surface area contributed by atoms with Crippen LogP contribution in [0.3, 0.4) is 0 Å². The zero-order valence-corrected chi connectivity index (χ0v) is 10.2. The molecule has 17 heavy (non-hydrogen) atoms.